The molecule has 1 saturated heterocycles. The summed E-state index contributed by atoms with van der Waals surface area (Å²) in [4.78, 5) is 0. The second-order valence-electron chi connectivity index (χ2n) is 2.87. The highest BCUT2D eigenvalue weighted by molar-refractivity contribution is 7.10. The maximum Gasteiger partial charge on any atom is 0.147 e. The molecule has 1 unspecified atom stereocenters. The summed E-state index contributed by atoms with van der Waals surface area (Å²) >= 11 is 0. The number of rotatable bonds is 2. The Kier molecular flexibility index (Phi) is 3.54. The third kappa shape index (κ3) is 2.64. The lowest BCUT2D eigenvalue weighted by Gasteiger charge is -2.18. The molecule has 1 nitrogen and oxygen atoms in total. The molecule has 1 heterocycles. The minimum absolute atomic E-state index is 0.0504. The highest BCUT2D eigenvalue weighted by Crippen LogP contribution is 2.09. The van der Waals surface area contributed by atoms with Crippen molar-refractivity contribution in [2.24, 2.45) is 0 Å². The van der Waals surface area contributed by atoms with Gasteiger partial charge in [-0.25, -0.2) is 0 Å². The lowest BCUT2D eigenvalue weighted by Crippen LogP contribution is -2.29. The van der Waals surface area contributed by atoms with Crippen molar-refractivity contribution in [1.82, 2.24) is 0 Å². The summed E-state index contributed by atoms with van der Waals surface area (Å²) in [6.07, 6.45) is 2.79. The van der Waals surface area contributed by atoms with Crippen molar-refractivity contribution in [2.75, 3.05) is 6.61 Å². The van der Waals surface area contributed by atoms with Gasteiger partial charge in [-0.1, -0.05) is 25.4 Å². The fourth-order valence-corrected chi connectivity index (χ4v) is 8.92. The average Bonchev–Trinajstić information content (AvgIpc) is 1.91. The zero-order valence-corrected chi connectivity index (χ0v) is 8.80. The number of hydrogen-bond donors (Lipinski definition) is 0. The standard InChI is InChI=1S/C6H16OSi2/c1-2-5-9-6-3-4-7-8-9/h9H,2-6,8H2,1H3. The summed E-state index contributed by atoms with van der Waals surface area (Å²) in [7, 11) is -0.159. The van der Waals surface area contributed by atoms with Crippen LogP contribution in [0, 0.1) is 0 Å². The lowest BCUT2D eigenvalue weighted by molar-refractivity contribution is 0.335. The van der Waals surface area contributed by atoms with Crippen LogP contribution in [0.15, 0.2) is 0 Å². The highest BCUT2D eigenvalue weighted by atomic mass is 29.2. The molecule has 0 aromatic rings. The first kappa shape index (κ1) is 7.50. The normalized spacial score (nSPS) is 31.0. The molecule has 0 aromatic carbocycles. The summed E-state index contributed by atoms with van der Waals surface area (Å²) in [6, 6.07) is 3.16. The van der Waals surface area contributed by atoms with E-state index in [4.69, 9.17) is 4.43 Å². The van der Waals surface area contributed by atoms with Crippen molar-refractivity contribution in [3.63, 3.8) is 0 Å². The van der Waals surface area contributed by atoms with Gasteiger partial charge < -0.3 is 4.43 Å². The highest BCUT2D eigenvalue weighted by Gasteiger charge is 2.14. The van der Waals surface area contributed by atoms with Gasteiger partial charge in [0.25, 0.3) is 0 Å². The van der Waals surface area contributed by atoms with Crippen LogP contribution in [0.25, 0.3) is 0 Å². The van der Waals surface area contributed by atoms with E-state index in [2.05, 4.69) is 6.92 Å². The molecule has 0 aliphatic carbocycles. The van der Waals surface area contributed by atoms with Gasteiger partial charge in [0.1, 0.15) is 9.28 Å². The molecule has 0 amide bonds. The van der Waals surface area contributed by atoms with Gasteiger partial charge in [0.15, 0.2) is 0 Å². The van der Waals surface area contributed by atoms with E-state index in [0.29, 0.717) is 0 Å². The lowest BCUT2D eigenvalue weighted by atomic mass is 10.5. The summed E-state index contributed by atoms with van der Waals surface area (Å²) in [6.45, 7) is 3.40. The fourth-order valence-electron chi connectivity index (χ4n) is 1.44. The SMILES string of the molecule is CCC[SiH]1CCCO[SiH2]1. The Morgan fingerprint density at radius 2 is 2.56 bits per heavy atom. The molecule has 1 fully saturated rings. The molecule has 3 heteroatoms. The summed E-state index contributed by atoms with van der Waals surface area (Å²) in [5.74, 6) is 0. The third-order valence-electron chi connectivity index (χ3n) is 1.95. The van der Waals surface area contributed by atoms with E-state index >= 15 is 0 Å². The molecule has 0 bridgehead atoms. The number of hydrogen-bond acceptors (Lipinski definition) is 1. The van der Waals surface area contributed by atoms with Crippen molar-refractivity contribution >= 4 is 17.6 Å². The predicted octanol–water partition coefficient (Wildman–Crippen LogP) is 0.624. The van der Waals surface area contributed by atoms with Gasteiger partial charge in [-0.05, 0) is 6.42 Å². The van der Waals surface area contributed by atoms with Gasteiger partial charge in [-0.3, -0.25) is 0 Å². The monoisotopic (exact) mass is 160 g/mol. The Balaban J connectivity index is 2.08. The Morgan fingerprint density at radius 3 is 3.11 bits per heavy atom. The van der Waals surface area contributed by atoms with Gasteiger partial charge in [0, 0.05) is 6.61 Å². The Bertz CT molecular complexity index is 68.7. The van der Waals surface area contributed by atoms with Crippen molar-refractivity contribution < 1.29 is 4.43 Å². The zero-order valence-electron chi connectivity index (χ0n) is 6.23. The van der Waals surface area contributed by atoms with Crippen LogP contribution < -0.4 is 0 Å². The zero-order chi connectivity index (χ0) is 6.53. The quantitative estimate of drug-likeness (QED) is 0.538. The molecule has 0 spiro atoms. The van der Waals surface area contributed by atoms with E-state index < -0.39 is 0 Å². The smallest absolute Gasteiger partial charge is 0.147 e. The third-order valence-corrected chi connectivity index (χ3v) is 10.1. The second kappa shape index (κ2) is 4.25. The van der Waals surface area contributed by atoms with E-state index in [1.165, 1.54) is 12.8 Å². The first-order valence-corrected chi connectivity index (χ1v) is 9.49. The van der Waals surface area contributed by atoms with Crippen molar-refractivity contribution in [1.29, 1.82) is 0 Å². The topological polar surface area (TPSA) is 9.23 Å². The van der Waals surface area contributed by atoms with Gasteiger partial charge in [-0.15, -0.1) is 0 Å². The molecule has 54 valence electrons. The van der Waals surface area contributed by atoms with E-state index in [-0.39, 0.29) is 17.6 Å². The molecule has 1 atom stereocenters. The van der Waals surface area contributed by atoms with Crippen LogP contribution in [0.2, 0.25) is 12.1 Å². The Hall–Kier alpha value is 0.394. The Morgan fingerprint density at radius 1 is 1.67 bits per heavy atom. The largest absolute Gasteiger partial charge is 0.428 e. The summed E-state index contributed by atoms with van der Waals surface area (Å²) in [5, 5.41) is 0. The molecule has 1 rings (SSSR count). The molecule has 9 heavy (non-hydrogen) atoms. The van der Waals surface area contributed by atoms with Crippen LogP contribution in [0.3, 0.4) is 0 Å². The van der Waals surface area contributed by atoms with Crippen LogP contribution >= 0.6 is 0 Å². The van der Waals surface area contributed by atoms with E-state index in [1.807, 2.05) is 0 Å². The maximum atomic E-state index is 5.54. The van der Waals surface area contributed by atoms with Crippen LogP contribution in [-0.4, -0.2) is 24.2 Å². The van der Waals surface area contributed by atoms with E-state index in [0.717, 1.165) is 6.61 Å². The first-order valence-electron chi connectivity index (χ1n) is 4.01. The van der Waals surface area contributed by atoms with Gasteiger partial charge in [0.05, 0.1) is 8.31 Å². The second-order valence-corrected chi connectivity index (χ2v) is 11.0. The van der Waals surface area contributed by atoms with Crippen LogP contribution in [-0.2, 0) is 4.43 Å². The van der Waals surface area contributed by atoms with Gasteiger partial charge in [-0.2, -0.15) is 0 Å². The fraction of sp³-hybridized carbons (Fsp3) is 1.00. The van der Waals surface area contributed by atoms with E-state index in [1.54, 1.807) is 12.1 Å². The Labute approximate surface area is 61.1 Å². The predicted molar refractivity (Wildman–Crippen MR) is 46.2 cm³/mol. The van der Waals surface area contributed by atoms with Crippen LogP contribution in [0.5, 0.6) is 0 Å². The molecule has 0 N–H and O–H groups in total. The molecule has 1 aliphatic heterocycles. The summed E-state index contributed by atoms with van der Waals surface area (Å²) < 4.78 is 5.54. The van der Waals surface area contributed by atoms with Gasteiger partial charge >= 0.3 is 0 Å². The molecule has 0 aromatic heterocycles. The first-order chi connectivity index (χ1) is 4.43. The minimum atomic E-state index is -0.209. The molecular weight excluding hydrogens is 144 g/mol. The van der Waals surface area contributed by atoms with Crippen molar-refractivity contribution in [2.45, 2.75) is 31.9 Å². The molecular formula is C6H16OSi2. The van der Waals surface area contributed by atoms with Crippen molar-refractivity contribution in [3.05, 3.63) is 0 Å². The van der Waals surface area contributed by atoms with E-state index in [9.17, 15) is 0 Å². The molecule has 1 aliphatic rings. The molecule has 0 radical (unpaired) electrons. The minimum Gasteiger partial charge on any atom is -0.428 e. The van der Waals surface area contributed by atoms with Crippen LogP contribution in [0.4, 0.5) is 0 Å². The van der Waals surface area contributed by atoms with Crippen molar-refractivity contribution in [3.8, 4) is 0 Å². The van der Waals surface area contributed by atoms with Crippen LogP contribution in [0.1, 0.15) is 19.8 Å². The average molecular weight is 160 g/mol. The molecule has 0 saturated carbocycles. The van der Waals surface area contributed by atoms with Gasteiger partial charge in [0.2, 0.25) is 0 Å². The maximum absolute atomic E-state index is 5.54. The summed E-state index contributed by atoms with van der Waals surface area (Å²) in [5.41, 5.74) is 0.